The van der Waals surface area contributed by atoms with Crippen molar-refractivity contribution in [2.75, 3.05) is 5.32 Å². The van der Waals surface area contributed by atoms with Crippen molar-refractivity contribution in [2.45, 2.75) is 27.0 Å². The number of amides is 1. The summed E-state index contributed by atoms with van der Waals surface area (Å²) in [6.45, 7) is 4.70. The van der Waals surface area contributed by atoms with E-state index in [0.29, 0.717) is 18.0 Å². The van der Waals surface area contributed by atoms with Gasteiger partial charge in [0.15, 0.2) is 5.76 Å². The molecule has 4 rings (SSSR count). The molecule has 2 aromatic carbocycles. The molecule has 0 atom stereocenters. The molecule has 158 valence electrons. The van der Waals surface area contributed by atoms with Gasteiger partial charge in [-0.3, -0.25) is 9.48 Å². The number of benzene rings is 2. The van der Waals surface area contributed by atoms with Gasteiger partial charge in [0.1, 0.15) is 18.1 Å². The van der Waals surface area contributed by atoms with Crippen molar-refractivity contribution in [3.63, 3.8) is 0 Å². The van der Waals surface area contributed by atoms with Gasteiger partial charge in [-0.1, -0.05) is 46.3 Å². The summed E-state index contributed by atoms with van der Waals surface area (Å²) < 4.78 is 14.2. The third kappa shape index (κ3) is 5.06. The Labute approximate surface area is 189 Å². The lowest BCUT2D eigenvalue weighted by Gasteiger charge is -2.07. The molecule has 4 aromatic rings. The third-order valence-corrected chi connectivity index (χ3v) is 5.40. The van der Waals surface area contributed by atoms with E-state index in [0.717, 1.165) is 27.2 Å². The number of aromatic nitrogens is 2. The predicted octanol–water partition coefficient (Wildman–Crippen LogP) is 5.74. The van der Waals surface area contributed by atoms with Crippen LogP contribution in [0.4, 0.5) is 5.69 Å². The van der Waals surface area contributed by atoms with E-state index in [-0.39, 0.29) is 18.3 Å². The molecule has 7 heteroatoms. The monoisotopic (exact) mass is 479 g/mol. The van der Waals surface area contributed by atoms with Gasteiger partial charge in [0, 0.05) is 4.47 Å². The topological polar surface area (TPSA) is 69.3 Å². The molecular formula is C24H22BrN3O3. The van der Waals surface area contributed by atoms with Gasteiger partial charge in [0.05, 0.1) is 23.6 Å². The molecule has 0 radical (unpaired) electrons. The van der Waals surface area contributed by atoms with Crippen LogP contribution in [0, 0.1) is 13.8 Å². The van der Waals surface area contributed by atoms with E-state index in [1.807, 2.05) is 61.0 Å². The summed E-state index contributed by atoms with van der Waals surface area (Å²) in [6.07, 6.45) is 0. The second-order valence-electron chi connectivity index (χ2n) is 7.15. The van der Waals surface area contributed by atoms with Crippen LogP contribution in [0.3, 0.4) is 0 Å². The highest BCUT2D eigenvalue weighted by atomic mass is 79.9. The number of nitrogens with zero attached hydrogens (tertiary/aromatic N) is 2. The molecular weight excluding hydrogens is 458 g/mol. The van der Waals surface area contributed by atoms with Crippen molar-refractivity contribution >= 4 is 27.5 Å². The van der Waals surface area contributed by atoms with Crippen LogP contribution in [0.2, 0.25) is 0 Å². The summed E-state index contributed by atoms with van der Waals surface area (Å²) in [5.41, 5.74) is 3.49. The lowest BCUT2D eigenvalue weighted by Crippen LogP contribution is -2.12. The lowest BCUT2D eigenvalue weighted by atomic mass is 10.2. The molecule has 0 aliphatic carbocycles. The van der Waals surface area contributed by atoms with Crippen molar-refractivity contribution in [1.82, 2.24) is 9.78 Å². The van der Waals surface area contributed by atoms with Gasteiger partial charge in [0.25, 0.3) is 5.91 Å². The number of hydrogen-bond donors (Lipinski definition) is 1. The largest absolute Gasteiger partial charge is 0.486 e. The number of hydrogen-bond acceptors (Lipinski definition) is 4. The number of anilines is 1. The minimum Gasteiger partial charge on any atom is -0.486 e. The summed E-state index contributed by atoms with van der Waals surface area (Å²) in [7, 11) is 0. The van der Waals surface area contributed by atoms with Crippen molar-refractivity contribution < 1.29 is 13.9 Å². The van der Waals surface area contributed by atoms with Crippen LogP contribution in [-0.2, 0) is 13.2 Å². The van der Waals surface area contributed by atoms with Crippen LogP contribution in [0.5, 0.6) is 5.75 Å². The van der Waals surface area contributed by atoms with E-state index in [1.54, 1.807) is 12.1 Å². The van der Waals surface area contributed by atoms with Crippen LogP contribution >= 0.6 is 15.9 Å². The maximum absolute atomic E-state index is 12.7. The predicted molar refractivity (Wildman–Crippen MR) is 122 cm³/mol. The molecule has 0 fully saturated rings. The highest BCUT2D eigenvalue weighted by Crippen LogP contribution is 2.22. The van der Waals surface area contributed by atoms with E-state index in [2.05, 4.69) is 38.5 Å². The fourth-order valence-electron chi connectivity index (χ4n) is 3.23. The molecule has 0 saturated heterocycles. The maximum Gasteiger partial charge on any atom is 0.291 e. The average molecular weight is 480 g/mol. The lowest BCUT2D eigenvalue weighted by molar-refractivity contribution is 0.0992. The van der Waals surface area contributed by atoms with E-state index in [1.165, 1.54) is 0 Å². The minimum absolute atomic E-state index is 0.226. The molecule has 1 N–H and O–H groups in total. The molecule has 0 saturated carbocycles. The number of nitrogens with one attached hydrogen (secondary N) is 1. The van der Waals surface area contributed by atoms with Crippen molar-refractivity contribution in [2.24, 2.45) is 0 Å². The van der Waals surface area contributed by atoms with Crippen LogP contribution in [0.1, 0.15) is 33.3 Å². The Morgan fingerprint density at radius 3 is 2.55 bits per heavy atom. The maximum atomic E-state index is 12.7. The van der Waals surface area contributed by atoms with Gasteiger partial charge >= 0.3 is 0 Å². The van der Waals surface area contributed by atoms with Gasteiger partial charge in [-0.2, -0.15) is 5.10 Å². The molecule has 2 aromatic heterocycles. The number of carbonyl (C=O) groups excluding carboxylic acids is 1. The summed E-state index contributed by atoms with van der Waals surface area (Å²) in [5, 5.41) is 7.51. The molecule has 0 spiro atoms. The number of furan rings is 1. The molecule has 1 amide bonds. The van der Waals surface area contributed by atoms with E-state index < -0.39 is 0 Å². The summed E-state index contributed by atoms with van der Waals surface area (Å²) in [5.74, 6) is 1.20. The fourth-order valence-corrected chi connectivity index (χ4v) is 3.49. The van der Waals surface area contributed by atoms with Gasteiger partial charge in [-0.25, -0.2) is 0 Å². The number of rotatable bonds is 7. The van der Waals surface area contributed by atoms with Crippen molar-refractivity contribution in [3.8, 4) is 5.75 Å². The van der Waals surface area contributed by atoms with Crippen molar-refractivity contribution in [1.29, 1.82) is 0 Å². The summed E-state index contributed by atoms with van der Waals surface area (Å²) >= 11 is 3.39. The highest BCUT2D eigenvalue weighted by molar-refractivity contribution is 9.10. The Hall–Kier alpha value is -3.32. The van der Waals surface area contributed by atoms with E-state index >= 15 is 0 Å². The number of halogens is 1. The Balaban J connectivity index is 1.41. The minimum atomic E-state index is -0.319. The van der Waals surface area contributed by atoms with E-state index in [4.69, 9.17) is 9.15 Å². The smallest absolute Gasteiger partial charge is 0.291 e. The average Bonchev–Trinajstić information content (AvgIpc) is 3.35. The normalized spacial score (nSPS) is 10.8. The number of carbonyl (C=O) groups is 1. The first kappa shape index (κ1) is 20.9. The molecule has 31 heavy (non-hydrogen) atoms. The standard InChI is InChI=1S/C24H22BrN3O3/c1-16-23(17(2)28(27-16)14-18-6-4-3-5-7-18)26-24(29)22-13-12-21(31-22)15-30-20-10-8-19(25)9-11-20/h3-13H,14-15H2,1-2H3,(H,26,29). The SMILES string of the molecule is Cc1nn(Cc2ccccc2)c(C)c1NC(=O)c1ccc(COc2ccc(Br)cc2)o1. The van der Waals surface area contributed by atoms with Gasteiger partial charge in [-0.05, 0) is 55.8 Å². The molecule has 2 heterocycles. The second kappa shape index (κ2) is 9.22. The Kier molecular flexibility index (Phi) is 6.23. The van der Waals surface area contributed by atoms with Gasteiger partial charge in [0.2, 0.25) is 0 Å². The molecule has 0 aliphatic rings. The number of ether oxygens (including phenoxy) is 1. The molecule has 6 nitrogen and oxygen atoms in total. The summed E-state index contributed by atoms with van der Waals surface area (Å²) in [6, 6.07) is 21.0. The first-order chi connectivity index (χ1) is 15.0. The van der Waals surface area contributed by atoms with Crippen LogP contribution in [0.25, 0.3) is 0 Å². The highest BCUT2D eigenvalue weighted by Gasteiger charge is 2.18. The fraction of sp³-hybridized carbons (Fsp3) is 0.167. The zero-order valence-electron chi connectivity index (χ0n) is 17.3. The first-order valence-corrected chi connectivity index (χ1v) is 10.7. The molecule has 0 bridgehead atoms. The summed E-state index contributed by atoms with van der Waals surface area (Å²) in [4.78, 5) is 12.7. The quantitative estimate of drug-likeness (QED) is 0.367. The van der Waals surface area contributed by atoms with Gasteiger partial charge in [-0.15, -0.1) is 0 Å². The Morgan fingerprint density at radius 1 is 1.06 bits per heavy atom. The number of aryl methyl sites for hydroxylation is 1. The first-order valence-electron chi connectivity index (χ1n) is 9.86. The Bertz CT molecular complexity index is 1180. The van der Waals surface area contributed by atoms with Crippen LogP contribution in [-0.4, -0.2) is 15.7 Å². The Morgan fingerprint density at radius 2 is 1.81 bits per heavy atom. The van der Waals surface area contributed by atoms with Gasteiger partial charge < -0.3 is 14.5 Å². The molecule has 0 aliphatic heterocycles. The molecule has 0 unspecified atom stereocenters. The van der Waals surface area contributed by atoms with Crippen LogP contribution in [0.15, 0.2) is 75.6 Å². The zero-order valence-corrected chi connectivity index (χ0v) is 18.8. The van der Waals surface area contributed by atoms with E-state index in [9.17, 15) is 4.79 Å². The third-order valence-electron chi connectivity index (χ3n) is 4.88. The van der Waals surface area contributed by atoms with Crippen molar-refractivity contribution in [3.05, 3.63) is 99.7 Å². The second-order valence-corrected chi connectivity index (χ2v) is 8.07. The van der Waals surface area contributed by atoms with Crippen LogP contribution < -0.4 is 10.1 Å². The zero-order chi connectivity index (χ0) is 21.8.